The van der Waals surface area contributed by atoms with Crippen molar-refractivity contribution in [1.82, 2.24) is 4.90 Å². The van der Waals surface area contributed by atoms with Crippen LogP contribution in [-0.2, 0) is 9.53 Å². The van der Waals surface area contributed by atoms with Crippen LogP contribution >= 0.6 is 0 Å². The van der Waals surface area contributed by atoms with E-state index in [1.807, 2.05) is 18.7 Å². The van der Waals surface area contributed by atoms with Gasteiger partial charge in [0.25, 0.3) is 0 Å². The van der Waals surface area contributed by atoms with Crippen LogP contribution in [0.1, 0.15) is 26.7 Å². The Bertz CT molecular complexity index is 162. The molecule has 14 heavy (non-hydrogen) atoms. The lowest BCUT2D eigenvalue weighted by Crippen LogP contribution is -2.40. The van der Waals surface area contributed by atoms with Crippen molar-refractivity contribution in [2.75, 3.05) is 26.8 Å². The Morgan fingerprint density at radius 1 is 1.57 bits per heavy atom. The molecular formula is C10H22N2O2. The van der Waals surface area contributed by atoms with Crippen molar-refractivity contribution in [3.05, 3.63) is 0 Å². The summed E-state index contributed by atoms with van der Waals surface area (Å²) in [6, 6.07) is 0.148. The maximum Gasteiger partial charge on any atom is 0.222 e. The van der Waals surface area contributed by atoms with Crippen molar-refractivity contribution in [3.63, 3.8) is 0 Å². The number of likely N-dealkylation sites (N-methyl/N-ethyl adjacent to an activating group) is 1. The number of hydrogen-bond donors (Lipinski definition) is 1. The highest BCUT2D eigenvalue weighted by atomic mass is 16.5. The zero-order chi connectivity index (χ0) is 11.0. The van der Waals surface area contributed by atoms with Crippen LogP contribution in [0, 0.1) is 0 Å². The first kappa shape index (κ1) is 13.4. The fraction of sp³-hybridized carbons (Fsp3) is 0.900. The van der Waals surface area contributed by atoms with Gasteiger partial charge in [0.2, 0.25) is 5.91 Å². The van der Waals surface area contributed by atoms with Gasteiger partial charge >= 0.3 is 0 Å². The van der Waals surface area contributed by atoms with Gasteiger partial charge in [-0.15, -0.1) is 0 Å². The lowest BCUT2D eigenvalue weighted by molar-refractivity contribution is -0.134. The first-order valence-corrected chi connectivity index (χ1v) is 5.15. The number of carbonyl (C=O) groups excluding carboxylic acids is 1. The van der Waals surface area contributed by atoms with E-state index < -0.39 is 0 Å². The normalized spacial score (nSPS) is 12.6. The summed E-state index contributed by atoms with van der Waals surface area (Å²) >= 11 is 0. The van der Waals surface area contributed by atoms with E-state index in [2.05, 4.69) is 0 Å². The molecule has 0 aliphatic carbocycles. The van der Waals surface area contributed by atoms with Crippen LogP contribution in [0.25, 0.3) is 0 Å². The number of hydrogen-bond acceptors (Lipinski definition) is 3. The molecule has 1 amide bonds. The molecule has 0 heterocycles. The molecule has 0 aliphatic rings. The van der Waals surface area contributed by atoms with Gasteiger partial charge in [-0.3, -0.25) is 4.79 Å². The van der Waals surface area contributed by atoms with Crippen molar-refractivity contribution >= 4 is 5.91 Å². The van der Waals surface area contributed by atoms with Crippen LogP contribution in [0.15, 0.2) is 0 Å². The number of methoxy groups -OCH3 is 1. The highest BCUT2D eigenvalue weighted by molar-refractivity contribution is 5.76. The Hall–Kier alpha value is -0.610. The summed E-state index contributed by atoms with van der Waals surface area (Å²) in [6.45, 7) is 5.86. The van der Waals surface area contributed by atoms with Gasteiger partial charge in [0.15, 0.2) is 0 Å². The van der Waals surface area contributed by atoms with Gasteiger partial charge < -0.3 is 15.4 Å². The standard InChI is InChI=1S/C10H22N2O2/c1-4-12(9(2)8-14-3)10(13)6-5-7-11/h9H,4-8,11H2,1-3H3. The molecule has 0 spiro atoms. The molecule has 0 rings (SSSR count). The highest BCUT2D eigenvalue weighted by Gasteiger charge is 2.17. The smallest absolute Gasteiger partial charge is 0.222 e. The largest absolute Gasteiger partial charge is 0.383 e. The van der Waals surface area contributed by atoms with E-state index in [4.69, 9.17) is 10.5 Å². The SMILES string of the molecule is CCN(C(=O)CCCN)C(C)COC. The third-order valence-corrected chi connectivity index (χ3v) is 2.20. The minimum Gasteiger partial charge on any atom is -0.383 e. The number of ether oxygens (including phenoxy) is 1. The number of carbonyl (C=O) groups is 1. The maximum absolute atomic E-state index is 11.7. The molecule has 4 nitrogen and oxygen atoms in total. The molecule has 1 atom stereocenters. The van der Waals surface area contributed by atoms with Crippen molar-refractivity contribution < 1.29 is 9.53 Å². The second-order valence-electron chi connectivity index (χ2n) is 3.38. The van der Waals surface area contributed by atoms with Gasteiger partial charge in [0.1, 0.15) is 0 Å². The van der Waals surface area contributed by atoms with Crippen LogP contribution in [-0.4, -0.2) is 43.7 Å². The minimum atomic E-state index is 0.148. The summed E-state index contributed by atoms with van der Waals surface area (Å²) in [7, 11) is 1.65. The summed E-state index contributed by atoms with van der Waals surface area (Å²) in [5.41, 5.74) is 5.36. The molecular weight excluding hydrogens is 180 g/mol. The summed E-state index contributed by atoms with van der Waals surface area (Å²) in [4.78, 5) is 13.5. The predicted molar refractivity (Wildman–Crippen MR) is 57.0 cm³/mol. The van der Waals surface area contributed by atoms with E-state index in [-0.39, 0.29) is 11.9 Å². The number of amides is 1. The number of nitrogens with two attached hydrogens (primary N) is 1. The van der Waals surface area contributed by atoms with Crippen LogP contribution in [0.3, 0.4) is 0 Å². The molecule has 0 bridgehead atoms. The number of nitrogens with zero attached hydrogens (tertiary/aromatic N) is 1. The number of rotatable bonds is 7. The van der Waals surface area contributed by atoms with Crippen molar-refractivity contribution in [3.8, 4) is 0 Å². The Labute approximate surface area is 86.4 Å². The van der Waals surface area contributed by atoms with Crippen molar-refractivity contribution in [1.29, 1.82) is 0 Å². The van der Waals surface area contributed by atoms with E-state index >= 15 is 0 Å². The molecule has 0 fully saturated rings. The van der Waals surface area contributed by atoms with Gasteiger partial charge in [-0.2, -0.15) is 0 Å². The Morgan fingerprint density at radius 3 is 2.64 bits per heavy atom. The predicted octanol–water partition coefficient (Wildman–Crippen LogP) is 0.609. The molecule has 0 aromatic rings. The molecule has 0 saturated carbocycles. The first-order valence-electron chi connectivity index (χ1n) is 5.15. The molecule has 0 saturated heterocycles. The van der Waals surface area contributed by atoms with Gasteiger partial charge in [-0.05, 0) is 26.8 Å². The summed E-state index contributed by atoms with van der Waals surface area (Å²) in [5, 5.41) is 0. The zero-order valence-corrected chi connectivity index (χ0v) is 9.45. The van der Waals surface area contributed by atoms with E-state index in [0.717, 1.165) is 13.0 Å². The quantitative estimate of drug-likeness (QED) is 0.658. The fourth-order valence-electron chi connectivity index (χ4n) is 1.46. The minimum absolute atomic E-state index is 0.148. The van der Waals surface area contributed by atoms with Crippen molar-refractivity contribution in [2.45, 2.75) is 32.7 Å². The third kappa shape index (κ3) is 4.58. The van der Waals surface area contributed by atoms with Crippen LogP contribution < -0.4 is 5.73 Å². The maximum atomic E-state index is 11.7. The molecule has 0 radical (unpaired) electrons. The van der Waals surface area contributed by atoms with Crippen LogP contribution in [0.4, 0.5) is 0 Å². The van der Waals surface area contributed by atoms with Crippen LogP contribution in [0.2, 0.25) is 0 Å². The summed E-state index contributed by atoms with van der Waals surface area (Å²) < 4.78 is 5.02. The lowest BCUT2D eigenvalue weighted by atomic mass is 10.2. The van der Waals surface area contributed by atoms with Gasteiger partial charge in [-0.1, -0.05) is 0 Å². The average molecular weight is 202 g/mol. The van der Waals surface area contributed by atoms with Gasteiger partial charge in [-0.25, -0.2) is 0 Å². The third-order valence-electron chi connectivity index (χ3n) is 2.20. The molecule has 4 heteroatoms. The molecule has 1 unspecified atom stereocenters. The topological polar surface area (TPSA) is 55.6 Å². The molecule has 0 aromatic heterocycles. The first-order chi connectivity index (χ1) is 6.67. The fourth-order valence-corrected chi connectivity index (χ4v) is 1.46. The average Bonchev–Trinajstić information content (AvgIpc) is 2.16. The Kier molecular flexibility index (Phi) is 7.42. The zero-order valence-electron chi connectivity index (χ0n) is 9.45. The molecule has 0 aliphatic heterocycles. The van der Waals surface area contributed by atoms with Crippen molar-refractivity contribution in [2.24, 2.45) is 5.73 Å². The Morgan fingerprint density at radius 2 is 2.21 bits per heavy atom. The molecule has 0 aromatic carbocycles. The van der Waals surface area contributed by atoms with E-state index in [1.54, 1.807) is 7.11 Å². The van der Waals surface area contributed by atoms with Gasteiger partial charge in [0.05, 0.1) is 12.6 Å². The van der Waals surface area contributed by atoms with Crippen LogP contribution in [0.5, 0.6) is 0 Å². The van der Waals surface area contributed by atoms with Gasteiger partial charge in [0, 0.05) is 20.1 Å². The second kappa shape index (κ2) is 7.76. The van der Waals surface area contributed by atoms with E-state index in [1.165, 1.54) is 0 Å². The Balaban J connectivity index is 4.03. The molecule has 2 N–H and O–H groups in total. The second-order valence-corrected chi connectivity index (χ2v) is 3.38. The highest BCUT2D eigenvalue weighted by Crippen LogP contribution is 2.03. The monoisotopic (exact) mass is 202 g/mol. The molecule has 84 valence electrons. The van der Waals surface area contributed by atoms with E-state index in [0.29, 0.717) is 19.6 Å². The summed E-state index contributed by atoms with van der Waals surface area (Å²) in [6.07, 6.45) is 1.30. The summed E-state index contributed by atoms with van der Waals surface area (Å²) in [5.74, 6) is 0.169. The van der Waals surface area contributed by atoms with E-state index in [9.17, 15) is 4.79 Å². The lowest BCUT2D eigenvalue weighted by Gasteiger charge is -2.27.